The van der Waals surface area contributed by atoms with E-state index in [2.05, 4.69) is 41.0 Å². The van der Waals surface area contributed by atoms with E-state index in [1.165, 1.54) is 0 Å². The monoisotopic (exact) mass is 1060 g/mol. The fourth-order valence-corrected chi connectivity index (χ4v) is 18.3. The molecule has 0 atom stereocenters. The van der Waals surface area contributed by atoms with Crippen molar-refractivity contribution in [1.82, 2.24) is 39.9 Å². The van der Waals surface area contributed by atoms with Crippen LogP contribution in [-0.2, 0) is 0 Å². The number of rotatable bonds is 10. The van der Waals surface area contributed by atoms with Crippen molar-refractivity contribution in [3.05, 3.63) is 241 Å². The van der Waals surface area contributed by atoms with Crippen molar-refractivity contribution in [3.8, 4) is 45.6 Å². The average molecular weight is 1060 g/mol. The third kappa shape index (κ3) is 7.31. The van der Waals surface area contributed by atoms with Crippen molar-refractivity contribution in [2.45, 2.75) is 9.79 Å². The summed E-state index contributed by atoms with van der Waals surface area (Å²) in [5, 5.41) is 3.94. The Kier molecular flexibility index (Phi) is 10.5. The van der Waals surface area contributed by atoms with E-state index in [1.807, 2.05) is 212 Å². The zero-order valence-electron chi connectivity index (χ0n) is 40.8. The molecule has 5 heterocycles. The van der Waals surface area contributed by atoms with Crippen LogP contribution in [0.25, 0.3) is 89.7 Å². The number of aromatic amines is 2. The summed E-state index contributed by atoms with van der Waals surface area (Å²) < 4.78 is 17.3. The van der Waals surface area contributed by atoms with Gasteiger partial charge in [0.15, 0.2) is 23.3 Å². The Hall–Kier alpha value is -9.53. The number of nitrogens with one attached hydrogen (secondary N) is 6. The number of benzene rings is 9. The fraction of sp³-hybridized carbons (Fsp3) is 0. The van der Waals surface area contributed by atoms with Crippen molar-refractivity contribution in [1.29, 1.82) is 0 Å². The lowest BCUT2D eigenvalue weighted by atomic mass is 10.1. The summed E-state index contributed by atoms with van der Waals surface area (Å²) in [6, 6.07) is 76.3. The number of halogens is 2. The highest BCUT2D eigenvalue weighted by molar-refractivity contribution is 8.68. The van der Waals surface area contributed by atoms with Gasteiger partial charge in [0, 0.05) is 71.6 Å². The molecule has 0 amide bonds. The second-order valence-corrected chi connectivity index (χ2v) is 24.5. The van der Waals surface area contributed by atoms with Crippen molar-refractivity contribution in [2.24, 2.45) is 0 Å². The van der Waals surface area contributed by atoms with Gasteiger partial charge in [-0.1, -0.05) is 181 Å². The predicted octanol–water partition coefficient (Wildman–Crippen LogP) is 16.6. The van der Waals surface area contributed by atoms with Crippen LogP contribution in [-0.4, -0.2) is 39.9 Å². The highest BCUT2D eigenvalue weighted by atomic mass is 35.5. The molecule has 0 aliphatic carbocycles. The van der Waals surface area contributed by atoms with E-state index in [1.54, 1.807) is 6.07 Å². The van der Waals surface area contributed by atoms with Gasteiger partial charge in [-0.3, -0.25) is 0 Å². The van der Waals surface area contributed by atoms with Gasteiger partial charge in [-0.05, 0) is 81.8 Å². The number of para-hydroxylation sites is 4. The molecule has 0 radical (unpaired) electrons. The molecule has 0 saturated carbocycles. The van der Waals surface area contributed by atoms with Crippen LogP contribution in [0.3, 0.4) is 0 Å². The summed E-state index contributed by atoms with van der Waals surface area (Å²) in [5.74, 6) is 1.89. The minimum absolute atomic E-state index is 0.345. The maximum absolute atomic E-state index is 7.96. The smallest absolute Gasteiger partial charge is 0.164 e. The average Bonchev–Trinajstić information content (AvgIpc) is 4.26. The Morgan fingerprint density at radius 3 is 1.08 bits per heavy atom. The Morgan fingerprint density at radius 1 is 0.312 bits per heavy atom. The molecular formula is C62H44Cl2N12S. The molecule has 0 fully saturated rings. The topological polar surface area (TPSA) is 157 Å². The summed E-state index contributed by atoms with van der Waals surface area (Å²) in [6.45, 7) is 0. The molecule has 8 bridgehead atoms. The van der Waals surface area contributed by atoms with Crippen molar-refractivity contribution >= 4 is 99.1 Å². The molecule has 15 heteroatoms. The first kappa shape index (κ1) is 46.0. The minimum Gasteiger partial charge on any atom is -0.324 e. The standard InChI is InChI=1S/C62H44Cl2N12S/c63-39-36-37-52(51(64)38-39)77(73-40-20-5-1-6-21-40,74-41-22-7-2-8-23-41,75-42-24-9-3-10-25-42,76-43-26-11-4-12-27-43)53-35-19-34-50-54(53)62-71-60-49-33-18-17-32-48(49)58(69-60)67-56-45-29-14-13-28-44(45)55(65-56)66-57-46-30-15-16-31-47(46)59(68-57)70-61(50)72-62/h1-38,73-76H,(H2,65,66,67,68,69,70,71,72). The van der Waals surface area contributed by atoms with Crippen LogP contribution in [0, 0.1) is 0 Å². The third-order valence-electron chi connectivity index (χ3n) is 14.1. The Labute approximate surface area is 451 Å². The molecule has 12 aromatic rings. The van der Waals surface area contributed by atoms with E-state index >= 15 is 0 Å². The Morgan fingerprint density at radius 2 is 0.662 bits per heavy atom. The summed E-state index contributed by atoms with van der Waals surface area (Å²) in [5.41, 5.74) is 8.34. The lowest BCUT2D eigenvalue weighted by Crippen LogP contribution is -2.61. The van der Waals surface area contributed by atoms with Gasteiger partial charge in [-0.2, -0.15) is 0 Å². The second-order valence-electron chi connectivity index (χ2n) is 18.9. The quantitative estimate of drug-likeness (QED) is 0.0779. The van der Waals surface area contributed by atoms with Crippen LogP contribution in [0.4, 0.5) is 22.7 Å². The van der Waals surface area contributed by atoms with Gasteiger partial charge in [-0.15, -0.1) is 0 Å². The van der Waals surface area contributed by atoms with Crippen LogP contribution < -0.4 is 18.9 Å². The van der Waals surface area contributed by atoms with Gasteiger partial charge in [0.25, 0.3) is 0 Å². The van der Waals surface area contributed by atoms with Gasteiger partial charge < -0.3 is 28.9 Å². The van der Waals surface area contributed by atoms with E-state index in [-0.39, 0.29) is 0 Å². The van der Waals surface area contributed by atoms with Gasteiger partial charge >= 0.3 is 0 Å². The minimum atomic E-state index is -5.69. The number of fused-ring (bicyclic) bond motifs is 20. The molecule has 0 unspecified atom stereocenters. The maximum atomic E-state index is 7.96. The molecule has 2 aliphatic rings. The van der Waals surface area contributed by atoms with Crippen LogP contribution >= 0.6 is 32.2 Å². The molecule has 0 saturated heterocycles. The van der Waals surface area contributed by atoms with Crippen LogP contribution in [0.2, 0.25) is 10.0 Å². The zero-order valence-corrected chi connectivity index (χ0v) is 43.1. The second kappa shape index (κ2) is 17.5. The fourth-order valence-electron chi connectivity index (χ4n) is 10.9. The van der Waals surface area contributed by atoms with Crippen LogP contribution in [0.15, 0.2) is 240 Å². The van der Waals surface area contributed by atoms with Gasteiger partial charge in [0.2, 0.25) is 0 Å². The van der Waals surface area contributed by atoms with Crippen molar-refractivity contribution in [3.63, 3.8) is 0 Å². The molecule has 6 N–H and O–H groups in total. The summed E-state index contributed by atoms with van der Waals surface area (Å²) in [7, 11) is -5.69. The number of nitrogens with zero attached hydrogens (tertiary/aromatic N) is 6. The molecule has 14 rings (SSSR count). The normalized spacial score (nSPS) is 12.8. The number of anilines is 4. The van der Waals surface area contributed by atoms with Gasteiger partial charge in [0.05, 0.1) is 14.8 Å². The first-order valence-corrected chi connectivity index (χ1v) is 28.1. The third-order valence-corrected chi connectivity index (χ3v) is 20.7. The molecule has 0 spiro atoms. The largest absolute Gasteiger partial charge is 0.324 e. The van der Waals surface area contributed by atoms with E-state index < -0.39 is 9.04 Å². The zero-order chi connectivity index (χ0) is 51.6. The first-order chi connectivity index (χ1) is 37.8. The maximum Gasteiger partial charge on any atom is 0.164 e. The molecule has 12 nitrogen and oxygen atoms in total. The van der Waals surface area contributed by atoms with E-state index in [0.717, 1.165) is 55.8 Å². The van der Waals surface area contributed by atoms with Crippen molar-refractivity contribution in [2.75, 3.05) is 18.9 Å². The van der Waals surface area contributed by atoms with Crippen LogP contribution in [0.1, 0.15) is 0 Å². The lowest BCUT2D eigenvalue weighted by Gasteiger charge is -2.82. The van der Waals surface area contributed by atoms with E-state index in [9.17, 15) is 0 Å². The molecular weight excluding hydrogens is 1020 g/mol. The van der Waals surface area contributed by atoms with Gasteiger partial charge in [-0.25, -0.2) is 29.9 Å². The van der Waals surface area contributed by atoms with E-state index in [4.69, 9.17) is 53.1 Å². The Bertz CT molecular complexity index is 4310. The van der Waals surface area contributed by atoms with Crippen molar-refractivity contribution < 1.29 is 0 Å². The molecule has 2 aliphatic heterocycles. The molecule has 9 aromatic carbocycles. The van der Waals surface area contributed by atoms with Crippen LogP contribution in [0.5, 0.6) is 0 Å². The van der Waals surface area contributed by atoms with Gasteiger partial charge in [0.1, 0.15) is 22.6 Å². The summed E-state index contributed by atoms with van der Waals surface area (Å²) >= 11 is 15.0. The number of aromatic nitrogens is 8. The molecule has 3 aromatic heterocycles. The Balaban J connectivity index is 1.25. The van der Waals surface area contributed by atoms with E-state index in [0.29, 0.717) is 76.5 Å². The number of H-pyrrole nitrogens is 2. The number of hydrogen-bond donors (Lipinski definition) is 6. The molecule has 77 heavy (non-hydrogen) atoms. The summed E-state index contributed by atoms with van der Waals surface area (Å²) in [6.07, 6.45) is 0. The summed E-state index contributed by atoms with van der Waals surface area (Å²) in [4.78, 5) is 40.8. The SMILES string of the molecule is Clc1ccc(S(Nc2ccccc2)(Nc2ccccc2)(Nc2ccccc2)(Nc2ccccc2)c2cccc3c4nc5nc(nc6[nH]c(nc7nc(nc([nH]4)c23)-c2ccccc2-7)c2ccccc62)-c2ccccc2-5)c(Cl)c1. The lowest BCUT2D eigenvalue weighted by molar-refractivity contribution is 1.19. The highest BCUT2D eigenvalue weighted by Gasteiger charge is 2.65. The molecule has 372 valence electrons. The number of hydrogen-bond acceptors (Lipinski definition) is 10. The highest BCUT2D eigenvalue weighted by Crippen LogP contribution is 2.95. The first-order valence-electron chi connectivity index (χ1n) is 24.9. The predicted molar refractivity (Wildman–Crippen MR) is 317 cm³/mol.